The van der Waals surface area contributed by atoms with E-state index in [1.807, 2.05) is 0 Å². The lowest BCUT2D eigenvalue weighted by Crippen LogP contribution is -2.20. The molecule has 2 aromatic heterocycles. The lowest BCUT2D eigenvalue weighted by molar-refractivity contribution is -0.384. The van der Waals surface area contributed by atoms with Gasteiger partial charge < -0.3 is 19.4 Å². The fourth-order valence-electron chi connectivity index (χ4n) is 4.34. The number of nitro groups is 1. The zero-order valence-corrected chi connectivity index (χ0v) is 24.0. The van der Waals surface area contributed by atoms with Crippen molar-refractivity contribution in [1.82, 2.24) is 4.57 Å². The summed E-state index contributed by atoms with van der Waals surface area (Å²) in [6, 6.07) is 4.50. The van der Waals surface area contributed by atoms with Crippen molar-refractivity contribution >= 4 is 73.1 Å². The summed E-state index contributed by atoms with van der Waals surface area (Å²) in [5.74, 6) is -1.23. The molecule has 1 aliphatic rings. The maximum absolute atomic E-state index is 12.7. The van der Waals surface area contributed by atoms with Crippen molar-refractivity contribution in [3.05, 3.63) is 49.1 Å². The van der Waals surface area contributed by atoms with E-state index in [2.05, 4.69) is 10.3 Å². The Morgan fingerprint density at radius 2 is 1.95 bits per heavy atom. The highest BCUT2D eigenvalue weighted by Crippen LogP contribution is 2.38. The van der Waals surface area contributed by atoms with Crippen LogP contribution in [0.15, 0.2) is 23.2 Å². The number of nitrogens with one attached hydrogen (secondary N) is 1. The fourth-order valence-corrected chi connectivity index (χ4v) is 7.34. The Labute approximate surface area is 236 Å². The molecule has 39 heavy (non-hydrogen) atoms. The molecule has 0 radical (unpaired) electrons. The maximum Gasteiger partial charge on any atom is 0.341 e. The molecule has 1 aliphatic carbocycles. The molecule has 11 nitrogen and oxygen atoms in total. The summed E-state index contributed by atoms with van der Waals surface area (Å²) < 4.78 is 12.6. The number of nitro benzene ring substituents is 1. The number of thiophene rings is 1. The highest BCUT2D eigenvalue weighted by atomic mass is 32.2. The number of non-ortho nitro benzene ring substituents is 1. The highest BCUT2D eigenvalue weighted by molar-refractivity contribution is 8.00. The summed E-state index contributed by atoms with van der Waals surface area (Å²) >= 11 is 3.72. The number of carbonyl (C=O) groups excluding carboxylic acids is 3. The number of rotatable bonds is 10. The third-order valence-corrected chi connectivity index (χ3v) is 9.30. The van der Waals surface area contributed by atoms with Crippen molar-refractivity contribution in [1.29, 1.82) is 0 Å². The van der Waals surface area contributed by atoms with Gasteiger partial charge in [-0.25, -0.2) is 4.79 Å². The predicted octanol–water partition coefficient (Wildman–Crippen LogP) is 4.17. The number of hydrogen-bond acceptors (Lipinski definition) is 10. The first kappa shape index (κ1) is 28.9. The molecule has 0 atom stereocenters. The number of methoxy groups -OCH3 is 2. The number of hydrogen-bond donors (Lipinski definition) is 1. The van der Waals surface area contributed by atoms with Gasteiger partial charge in [0, 0.05) is 30.7 Å². The Morgan fingerprint density at radius 3 is 2.69 bits per heavy atom. The molecule has 14 heteroatoms. The first-order valence-corrected chi connectivity index (χ1v) is 15.1. The summed E-state index contributed by atoms with van der Waals surface area (Å²) in [4.78, 5) is 54.2. The molecule has 208 valence electrons. The average molecular weight is 593 g/mol. The summed E-state index contributed by atoms with van der Waals surface area (Å²) in [7, 11) is 2.89. The van der Waals surface area contributed by atoms with Gasteiger partial charge in [0.05, 0.1) is 45.9 Å². The number of nitrogens with zero attached hydrogens (tertiary/aromatic N) is 3. The van der Waals surface area contributed by atoms with E-state index in [1.165, 1.54) is 41.9 Å². The summed E-state index contributed by atoms with van der Waals surface area (Å²) in [5.41, 5.74) is 2.09. The second kappa shape index (κ2) is 13.3. The Bertz CT molecular complexity index is 1470. The lowest BCUT2D eigenvalue weighted by atomic mass is 10.1. The van der Waals surface area contributed by atoms with E-state index < -0.39 is 16.8 Å². The minimum absolute atomic E-state index is 0.00667. The second-order valence-electron chi connectivity index (χ2n) is 8.74. The molecule has 0 aliphatic heterocycles. The molecule has 1 aromatic carbocycles. The standard InChI is InChI=1S/C25H28N4O7S3/c1-35-11-10-28-17-9-8-15(29(33)34)12-19(17)39-25(28)27-21(31)14-37-13-20(30)26-23-22(24(32)36-2)16-6-4-3-5-7-18(16)38-23/h8-9,12H,3-7,10-11,13-14H2,1-2H3,(H,26,30). The Balaban J connectivity index is 1.43. The fraction of sp³-hybridized carbons (Fsp3) is 0.440. The Morgan fingerprint density at radius 1 is 1.15 bits per heavy atom. The summed E-state index contributed by atoms with van der Waals surface area (Å²) in [5, 5.41) is 14.5. The van der Waals surface area contributed by atoms with Crippen LogP contribution < -0.4 is 10.1 Å². The number of fused-ring (bicyclic) bond motifs is 2. The van der Waals surface area contributed by atoms with Crippen molar-refractivity contribution in [2.75, 3.05) is 37.6 Å². The van der Waals surface area contributed by atoms with Gasteiger partial charge in [-0.2, -0.15) is 4.99 Å². The van der Waals surface area contributed by atoms with E-state index in [0.29, 0.717) is 33.2 Å². The van der Waals surface area contributed by atoms with Gasteiger partial charge in [-0.05, 0) is 37.3 Å². The van der Waals surface area contributed by atoms with Crippen molar-refractivity contribution in [3.63, 3.8) is 0 Å². The summed E-state index contributed by atoms with van der Waals surface area (Å²) in [6.07, 6.45) is 4.80. The van der Waals surface area contributed by atoms with Gasteiger partial charge in [-0.15, -0.1) is 23.1 Å². The molecule has 0 saturated heterocycles. The van der Waals surface area contributed by atoms with E-state index in [-0.39, 0.29) is 23.1 Å². The number of amides is 2. The third kappa shape index (κ3) is 6.93. The smallest absolute Gasteiger partial charge is 0.341 e. The van der Waals surface area contributed by atoms with E-state index in [9.17, 15) is 24.5 Å². The Kier molecular flexibility index (Phi) is 9.88. The average Bonchev–Trinajstić information content (AvgIpc) is 3.32. The second-order valence-corrected chi connectivity index (χ2v) is 11.8. The third-order valence-electron chi connectivity index (χ3n) is 6.14. The maximum atomic E-state index is 12.7. The van der Waals surface area contributed by atoms with Crippen LogP contribution in [0.5, 0.6) is 0 Å². The van der Waals surface area contributed by atoms with Crippen LogP contribution >= 0.6 is 34.4 Å². The van der Waals surface area contributed by atoms with Crippen molar-refractivity contribution in [2.24, 2.45) is 4.99 Å². The van der Waals surface area contributed by atoms with Crippen LogP contribution in [0.3, 0.4) is 0 Å². The monoisotopic (exact) mass is 592 g/mol. The molecule has 3 aromatic rings. The molecule has 2 amide bonds. The predicted molar refractivity (Wildman–Crippen MR) is 152 cm³/mol. The largest absolute Gasteiger partial charge is 0.465 e. The molecular formula is C25H28N4O7S3. The van der Waals surface area contributed by atoms with Gasteiger partial charge >= 0.3 is 5.97 Å². The van der Waals surface area contributed by atoms with Crippen LogP contribution in [0.2, 0.25) is 0 Å². The van der Waals surface area contributed by atoms with Crippen molar-refractivity contribution < 1.29 is 28.8 Å². The molecule has 4 rings (SSSR count). The van der Waals surface area contributed by atoms with E-state index in [1.54, 1.807) is 17.7 Å². The van der Waals surface area contributed by atoms with Crippen LogP contribution in [0.1, 0.15) is 40.1 Å². The molecule has 0 bridgehead atoms. The molecule has 0 fully saturated rings. The number of thiazole rings is 1. The van der Waals surface area contributed by atoms with Gasteiger partial charge in [0.1, 0.15) is 5.00 Å². The van der Waals surface area contributed by atoms with E-state index in [4.69, 9.17) is 9.47 Å². The number of anilines is 1. The first-order chi connectivity index (χ1) is 18.8. The van der Waals surface area contributed by atoms with Gasteiger partial charge in [0.2, 0.25) is 5.91 Å². The van der Waals surface area contributed by atoms with Crippen molar-refractivity contribution in [3.8, 4) is 0 Å². The van der Waals surface area contributed by atoms with Gasteiger partial charge in [-0.1, -0.05) is 17.8 Å². The molecule has 0 spiro atoms. The van der Waals surface area contributed by atoms with Gasteiger partial charge in [-0.3, -0.25) is 19.7 Å². The number of ether oxygens (including phenoxy) is 2. The number of benzene rings is 1. The summed E-state index contributed by atoms with van der Waals surface area (Å²) in [6.45, 7) is 0.794. The van der Waals surface area contributed by atoms with Crippen LogP contribution in [0.25, 0.3) is 10.2 Å². The quantitative estimate of drug-likeness (QED) is 0.160. The molecule has 1 N–H and O–H groups in total. The van der Waals surface area contributed by atoms with Crippen LogP contribution in [-0.4, -0.2) is 59.6 Å². The number of aryl methyl sites for hydroxylation is 1. The number of esters is 1. The lowest BCUT2D eigenvalue weighted by Gasteiger charge is -2.07. The highest BCUT2D eigenvalue weighted by Gasteiger charge is 2.26. The van der Waals surface area contributed by atoms with Crippen LogP contribution in [-0.2, 0) is 38.4 Å². The molecular weight excluding hydrogens is 564 g/mol. The SMILES string of the molecule is COCCn1c(=NC(=O)CSCC(=O)Nc2sc3c(c2C(=O)OC)CCCCC3)sc2cc([N+](=O)[O-])ccc21. The van der Waals surface area contributed by atoms with Crippen LogP contribution in [0, 0.1) is 10.1 Å². The molecule has 0 unspecified atom stereocenters. The Hall–Kier alpha value is -3.07. The topological polar surface area (TPSA) is 142 Å². The normalized spacial score (nSPS) is 13.6. The van der Waals surface area contributed by atoms with Gasteiger partial charge in [0.15, 0.2) is 4.80 Å². The number of thioether (sulfide) groups is 1. The molecule has 0 saturated carbocycles. The first-order valence-electron chi connectivity index (χ1n) is 12.3. The zero-order chi connectivity index (χ0) is 27.9. The van der Waals surface area contributed by atoms with Crippen LogP contribution in [0.4, 0.5) is 10.7 Å². The number of carbonyl (C=O) groups is 3. The minimum atomic E-state index is -0.469. The zero-order valence-electron chi connectivity index (χ0n) is 21.5. The number of aromatic nitrogens is 1. The van der Waals surface area contributed by atoms with Gasteiger partial charge in [0.25, 0.3) is 11.6 Å². The molecule has 2 heterocycles. The van der Waals surface area contributed by atoms with E-state index in [0.717, 1.165) is 59.8 Å². The minimum Gasteiger partial charge on any atom is -0.465 e. The van der Waals surface area contributed by atoms with E-state index >= 15 is 0 Å². The van der Waals surface area contributed by atoms with Crippen molar-refractivity contribution in [2.45, 2.75) is 38.6 Å².